The molecule has 0 heterocycles. The van der Waals surface area contributed by atoms with E-state index < -0.39 is 0 Å². The standard InChI is InChI=1S/C18H27N3O3S/c1-11-6-5-7-14(12(11)2)19-18(25)21-20-17(22)13-8-9-15(23-3)16(10-13)24-4/h8-12,14H,5-7H2,1-4H3,(H,20,22)(H2,19,21,25)/t11-,12-,14-/m1/s1. The van der Waals surface area contributed by atoms with Crippen LogP contribution < -0.4 is 25.6 Å². The van der Waals surface area contributed by atoms with Gasteiger partial charge in [-0.3, -0.25) is 15.6 Å². The summed E-state index contributed by atoms with van der Waals surface area (Å²) in [5, 5.41) is 3.74. The number of hydrazine groups is 1. The predicted octanol–water partition coefficient (Wildman–Crippen LogP) is 2.64. The number of hydrogen-bond donors (Lipinski definition) is 3. The smallest absolute Gasteiger partial charge is 0.269 e. The molecule has 6 nitrogen and oxygen atoms in total. The number of benzene rings is 1. The van der Waals surface area contributed by atoms with Gasteiger partial charge in [0.05, 0.1) is 14.2 Å². The third-order valence-corrected chi connectivity index (χ3v) is 5.18. The lowest BCUT2D eigenvalue weighted by atomic mass is 9.78. The molecule has 0 bridgehead atoms. The summed E-state index contributed by atoms with van der Waals surface area (Å²) in [6.07, 6.45) is 3.55. The van der Waals surface area contributed by atoms with Crippen LogP contribution >= 0.6 is 12.2 Å². The molecule has 0 saturated heterocycles. The van der Waals surface area contributed by atoms with Gasteiger partial charge < -0.3 is 14.8 Å². The molecule has 1 aromatic rings. The van der Waals surface area contributed by atoms with Crippen LogP contribution in [-0.4, -0.2) is 31.3 Å². The second-order valence-electron chi connectivity index (χ2n) is 6.50. The highest BCUT2D eigenvalue weighted by Crippen LogP contribution is 2.29. The minimum Gasteiger partial charge on any atom is -0.493 e. The maximum atomic E-state index is 12.3. The van der Waals surface area contributed by atoms with Crippen molar-refractivity contribution in [1.82, 2.24) is 16.2 Å². The zero-order valence-corrected chi connectivity index (χ0v) is 16.0. The van der Waals surface area contributed by atoms with E-state index >= 15 is 0 Å². The summed E-state index contributed by atoms with van der Waals surface area (Å²) in [5.41, 5.74) is 5.84. The van der Waals surface area contributed by atoms with Gasteiger partial charge in [0.25, 0.3) is 5.91 Å². The highest BCUT2D eigenvalue weighted by molar-refractivity contribution is 7.80. The number of methoxy groups -OCH3 is 2. The Morgan fingerprint density at radius 1 is 1.12 bits per heavy atom. The minimum atomic E-state index is -0.296. The van der Waals surface area contributed by atoms with Crippen LogP contribution in [0.2, 0.25) is 0 Å². The summed E-state index contributed by atoms with van der Waals surface area (Å²) in [6, 6.07) is 5.31. The highest BCUT2D eigenvalue weighted by atomic mass is 32.1. The first-order valence-corrected chi connectivity index (χ1v) is 8.96. The molecule has 1 fully saturated rings. The molecular formula is C18H27N3O3S. The van der Waals surface area contributed by atoms with E-state index in [0.29, 0.717) is 40.1 Å². The van der Waals surface area contributed by atoms with Gasteiger partial charge in [-0.1, -0.05) is 26.7 Å². The Morgan fingerprint density at radius 3 is 2.52 bits per heavy atom. The van der Waals surface area contributed by atoms with Crippen LogP contribution in [0.1, 0.15) is 43.5 Å². The molecule has 3 N–H and O–H groups in total. The van der Waals surface area contributed by atoms with Crippen molar-refractivity contribution in [2.45, 2.75) is 39.2 Å². The maximum absolute atomic E-state index is 12.3. The van der Waals surface area contributed by atoms with Gasteiger partial charge in [-0.25, -0.2) is 0 Å². The Morgan fingerprint density at radius 2 is 1.84 bits per heavy atom. The molecule has 3 atom stereocenters. The zero-order chi connectivity index (χ0) is 18.4. The van der Waals surface area contributed by atoms with Gasteiger partial charge in [-0.15, -0.1) is 0 Å². The predicted molar refractivity (Wildman–Crippen MR) is 102 cm³/mol. The first-order valence-electron chi connectivity index (χ1n) is 8.55. The molecule has 0 radical (unpaired) electrons. The van der Waals surface area contributed by atoms with Gasteiger partial charge in [-0.2, -0.15) is 0 Å². The van der Waals surface area contributed by atoms with Crippen LogP contribution in [-0.2, 0) is 0 Å². The van der Waals surface area contributed by atoms with Crippen molar-refractivity contribution in [3.8, 4) is 11.5 Å². The molecule has 0 aromatic heterocycles. The van der Waals surface area contributed by atoms with Gasteiger partial charge >= 0.3 is 0 Å². The Kier molecular flexibility index (Phi) is 6.87. The quantitative estimate of drug-likeness (QED) is 0.563. The fraction of sp³-hybridized carbons (Fsp3) is 0.556. The summed E-state index contributed by atoms with van der Waals surface area (Å²) in [5.74, 6) is 2.01. The third-order valence-electron chi connectivity index (χ3n) is 4.96. The molecule has 138 valence electrons. The van der Waals surface area contributed by atoms with E-state index in [2.05, 4.69) is 30.0 Å². The summed E-state index contributed by atoms with van der Waals surface area (Å²) in [4.78, 5) is 12.3. The average molecular weight is 365 g/mol. The van der Waals surface area contributed by atoms with Gasteiger partial charge in [-0.05, 0) is 48.7 Å². The monoisotopic (exact) mass is 365 g/mol. The van der Waals surface area contributed by atoms with E-state index in [1.165, 1.54) is 20.0 Å². The van der Waals surface area contributed by atoms with E-state index in [0.717, 1.165) is 6.42 Å². The molecule has 0 unspecified atom stereocenters. The fourth-order valence-corrected chi connectivity index (χ4v) is 3.36. The largest absolute Gasteiger partial charge is 0.493 e. The number of amides is 1. The van der Waals surface area contributed by atoms with Crippen molar-refractivity contribution in [3.63, 3.8) is 0 Å². The Balaban J connectivity index is 1.88. The molecule has 1 amide bonds. The zero-order valence-electron chi connectivity index (χ0n) is 15.2. The van der Waals surface area contributed by atoms with E-state index in [1.807, 2.05) is 0 Å². The molecule has 1 saturated carbocycles. The van der Waals surface area contributed by atoms with E-state index in [9.17, 15) is 4.79 Å². The maximum Gasteiger partial charge on any atom is 0.269 e. The molecule has 25 heavy (non-hydrogen) atoms. The van der Waals surface area contributed by atoms with Crippen molar-refractivity contribution in [1.29, 1.82) is 0 Å². The average Bonchev–Trinajstić information content (AvgIpc) is 2.62. The Hall–Kier alpha value is -2.02. The lowest BCUT2D eigenvalue weighted by Crippen LogP contribution is -2.52. The number of hydrogen-bond acceptors (Lipinski definition) is 4. The van der Waals surface area contributed by atoms with Crippen LogP contribution in [0.15, 0.2) is 18.2 Å². The first kappa shape index (κ1) is 19.3. The number of ether oxygens (including phenoxy) is 2. The molecule has 7 heteroatoms. The number of carbonyl (C=O) groups excluding carboxylic acids is 1. The SMILES string of the molecule is COc1ccc(C(=O)NNC(=S)N[C@@H]2CCC[C@@H](C)[C@H]2C)cc1OC. The number of carbonyl (C=O) groups is 1. The molecular weight excluding hydrogens is 338 g/mol. The summed E-state index contributed by atoms with van der Waals surface area (Å²) in [6.45, 7) is 4.51. The third kappa shape index (κ3) is 4.98. The lowest BCUT2D eigenvalue weighted by Gasteiger charge is -2.35. The molecule has 1 aliphatic rings. The second kappa shape index (κ2) is 8.89. The van der Waals surface area contributed by atoms with Gasteiger partial charge in [0, 0.05) is 11.6 Å². The first-order chi connectivity index (χ1) is 12.0. The van der Waals surface area contributed by atoms with Crippen molar-refractivity contribution >= 4 is 23.2 Å². The van der Waals surface area contributed by atoms with Crippen molar-refractivity contribution in [2.75, 3.05) is 14.2 Å². The molecule has 0 aliphatic heterocycles. The van der Waals surface area contributed by atoms with Gasteiger partial charge in [0.2, 0.25) is 0 Å². The van der Waals surface area contributed by atoms with Gasteiger partial charge in [0.15, 0.2) is 16.6 Å². The van der Waals surface area contributed by atoms with Crippen LogP contribution in [0, 0.1) is 11.8 Å². The lowest BCUT2D eigenvalue weighted by molar-refractivity contribution is 0.0942. The number of nitrogens with one attached hydrogen (secondary N) is 3. The topological polar surface area (TPSA) is 71.6 Å². The highest BCUT2D eigenvalue weighted by Gasteiger charge is 2.27. The molecule has 0 spiro atoms. The minimum absolute atomic E-state index is 0.296. The fourth-order valence-electron chi connectivity index (χ4n) is 3.15. The van der Waals surface area contributed by atoms with E-state index in [1.54, 1.807) is 25.3 Å². The van der Waals surface area contributed by atoms with Crippen molar-refractivity contribution in [3.05, 3.63) is 23.8 Å². The van der Waals surface area contributed by atoms with Crippen LogP contribution in [0.4, 0.5) is 0 Å². The van der Waals surface area contributed by atoms with Crippen LogP contribution in [0.5, 0.6) is 11.5 Å². The van der Waals surface area contributed by atoms with Crippen LogP contribution in [0.25, 0.3) is 0 Å². The second-order valence-corrected chi connectivity index (χ2v) is 6.90. The number of thiocarbonyl (C=S) groups is 1. The van der Waals surface area contributed by atoms with Crippen LogP contribution in [0.3, 0.4) is 0 Å². The van der Waals surface area contributed by atoms with Gasteiger partial charge in [0.1, 0.15) is 0 Å². The Labute approximate surface area is 154 Å². The van der Waals surface area contributed by atoms with Crippen molar-refractivity contribution in [2.24, 2.45) is 11.8 Å². The van der Waals surface area contributed by atoms with E-state index in [4.69, 9.17) is 21.7 Å². The Bertz CT molecular complexity index is 624. The molecule has 1 aromatic carbocycles. The molecule has 1 aliphatic carbocycles. The summed E-state index contributed by atoms with van der Waals surface area (Å²) in [7, 11) is 3.08. The molecule has 2 rings (SSSR count). The van der Waals surface area contributed by atoms with Crippen molar-refractivity contribution < 1.29 is 14.3 Å². The summed E-state index contributed by atoms with van der Waals surface area (Å²) >= 11 is 5.30. The normalized spacial score (nSPS) is 22.6. The van der Waals surface area contributed by atoms with E-state index in [-0.39, 0.29) is 5.91 Å². The number of rotatable bonds is 4. The summed E-state index contributed by atoms with van der Waals surface area (Å²) < 4.78 is 10.4.